The monoisotopic (exact) mass is 488 g/mol. The van der Waals surface area contributed by atoms with Gasteiger partial charge in [0.15, 0.2) is 0 Å². The molecule has 1 fully saturated rings. The second-order valence-electron chi connectivity index (χ2n) is 8.69. The number of rotatable bonds is 8. The van der Waals surface area contributed by atoms with Gasteiger partial charge >= 0.3 is 5.97 Å². The molecule has 1 aliphatic rings. The van der Waals surface area contributed by atoms with Crippen LogP contribution in [0, 0.1) is 20.8 Å². The number of ether oxygens (including phenoxy) is 3. The van der Waals surface area contributed by atoms with Crippen LogP contribution in [0.1, 0.15) is 36.1 Å². The van der Waals surface area contributed by atoms with E-state index in [9.17, 15) is 25.2 Å². The molecule has 1 aromatic rings. The Hall–Kier alpha value is -2.75. The summed E-state index contributed by atoms with van der Waals surface area (Å²) < 4.78 is 15.6. The number of hydrogen-bond acceptors (Lipinski definition) is 8. The molecule has 8 nitrogen and oxygen atoms in total. The van der Waals surface area contributed by atoms with Crippen molar-refractivity contribution in [2.45, 2.75) is 65.3 Å². The molecule has 0 saturated carbocycles. The van der Waals surface area contributed by atoms with Crippen molar-refractivity contribution in [3.05, 3.63) is 69.8 Å². The zero-order chi connectivity index (χ0) is 26.3. The number of hydrogen-bond donors (Lipinski definition) is 4. The molecule has 192 valence electrons. The van der Waals surface area contributed by atoms with Crippen LogP contribution < -0.4 is 4.74 Å². The summed E-state index contributed by atoms with van der Waals surface area (Å²) in [6.45, 7) is 9.22. The third-order valence-corrected chi connectivity index (χ3v) is 5.99. The first-order chi connectivity index (χ1) is 16.5. The van der Waals surface area contributed by atoms with Gasteiger partial charge in [0.2, 0.25) is 6.29 Å². The summed E-state index contributed by atoms with van der Waals surface area (Å²) in [4.78, 5) is 12.2. The number of aliphatic hydroxyl groups excluding tert-OH is 4. The van der Waals surface area contributed by atoms with Gasteiger partial charge in [-0.2, -0.15) is 0 Å². The lowest BCUT2D eigenvalue weighted by molar-refractivity contribution is -0.291. The van der Waals surface area contributed by atoms with Crippen molar-refractivity contribution in [2.24, 2.45) is 0 Å². The molecule has 0 radical (unpaired) electrons. The fourth-order valence-corrected chi connectivity index (χ4v) is 3.70. The van der Waals surface area contributed by atoms with Gasteiger partial charge in [-0.3, -0.25) is 0 Å². The lowest BCUT2D eigenvalue weighted by Gasteiger charge is -2.38. The molecule has 8 heteroatoms. The number of methoxy groups -OCH3 is 1. The van der Waals surface area contributed by atoms with Gasteiger partial charge in [0.25, 0.3) is 0 Å². The van der Waals surface area contributed by atoms with E-state index in [0.717, 1.165) is 33.6 Å². The molecule has 0 aliphatic carbocycles. The van der Waals surface area contributed by atoms with Crippen LogP contribution in [0.3, 0.4) is 0 Å². The highest BCUT2D eigenvalue weighted by Gasteiger charge is 2.45. The minimum Gasteiger partial charge on any atom is -0.496 e. The first kappa shape index (κ1) is 28.5. The molecule has 0 bridgehead atoms. The van der Waals surface area contributed by atoms with Gasteiger partial charge in [0.05, 0.1) is 13.7 Å². The van der Waals surface area contributed by atoms with E-state index in [1.165, 1.54) is 6.08 Å². The van der Waals surface area contributed by atoms with Crippen molar-refractivity contribution < 1.29 is 39.4 Å². The van der Waals surface area contributed by atoms with Gasteiger partial charge in [0, 0.05) is 6.08 Å². The maximum atomic E-state index is 12.2. The third-order valence-electron chi connectivity index (χ3n) is 5.99. The Labute approximate surface area is 206 Å². The van der Waals surface area contributed by atoms with Crippen LogP contribution in [0.25, 0.3) is 6.08 Å². The predicted molar refractivity (Wildman–Crippen MR) is 133 cm³/mol. The molecule has 1 unspecified atom stereocenters. The second-order valence-corrected chi connectivity index (χ2v) is 8.69. The fraction of sp³-hybridized carbons (Fsp3) is 0.444. The largest absolute Gasteiger partial charge is 0.496 e. The molecular formula is C27H36O8. The highest BCUT2D eigenvalue weighted by Crippen LogP contribution is 2.28. The number of carbonyl (C=O) groups is 1. The van der Waals surface area contributed by atoms with Crippen LogP contribution in [0.2, 0.25) is 0 Å². The van der Waals surface area contributed by atoms with Crippen LogP contribution in [0.15, 0.2) is 47.6 Å². The number of esters is 1. The average Bonchev–Trinajstić information content (AvgIpc) is 2.81. The lowest BCUT2D eigenvalue weighted by atomic mass is 9.96. The second kappa shape index (κ2) is 12.8. The topological polar surface area (TPSA) is 126 Å². The van der Waals surface area contributed by atoms with Crippen LogP contribution >= 0.6 is 0 Å². The van der Waals surface area contributed by atoms with Gasteiger partial charge in [-0.05, 0) is 68.5 Å². The molecule has 2 rings (SSSR count). The number of aryl methyl sites for hydroxylation is 1. The van der Waals surface area contributed by atoms with Gasteiger partial charge in [-0.25, -0.2) is 4.79 Å². The molecule has 1 heterocycles. The van der Waals surface area contributed by atoms with E-state index < -0.39 is 43.3 Å². The number of benzene rings is 1. The normalized spacial score (nSPS) is 25.9. The maximum absolute atomic E-state index is 12.2. The highest BCUT2D eigenvalue weighted by molar-refractivity contribution is 5.83. The Morgan fingerprint density at radius 1 is 1.03 bits per heavy atom. The molecule has 35 heavy (non-hydrogen) atoms. The SMILES string of the molecule is COc1cc(C)c(/C=C/C(C)=C/C=C/C(C)=C/C(=O)OC2O[C@H](CO)[C@@H](O)[C@H](O)[C@H]2O)c(C)c1C. The minimum atomic E-state index is -1.64. The van der Waals surface area contributed by atoms with Crippen molar-refractivity contribution in [3.63, 3.8) is 0 Å². The summed E-state index contributed by atoms with van der Waals surface area (Å²) in [5.74, 6) is 0.0811. The van der Waals surface area contributed by atoms with E-state index >= 15 is 0 Å². The Kier molecular flexibility index (Phi) is 10.4. The summed E-state index contributed by atoms with van der Waals surface area (Å²) in [6.07, 6.45) is 3.29. The summed E-state index contributed by atoms with van der Waals surface area (Å²) in [5.41, 5.74) is 6.14. The summed E-state index contributed by atoms with van der Waals surface area (Å²) >= 11 is 0. The van der Waals surface area contributed by atoms with Gasteiger partial charge in [-0.15, -0.1) is 0 Å². The van der Waals surface area contributed by atoms with Crippen molar-refractivity contribution in [3.8, 4) is 5.75 Å². The first-order valence-electron chi connectivity index (χ1n) is 11.4. The zero-order valence-electron chi connectivity index (χ0n) is 21.1. The molecule has 1 aliphatic heterocycles. The van der Waals surface area contributed by atoms with Gasteiger partial charge in [-0.1, -0.05) is 36.0 Å². The van der Waals surface area contributed by atoms with Crippen molar-refractivity contribution in [1.82, 2.24) is 0 Å². The minimum absolute atomic E-state index is 0.588. The van der Waals surface area contributed by atoms with Crippen molar-refractivity contribution in [2.75, 3.05) is 13.7 Å². The molecule has 0 aromatic heterocycles. The van der Waals surface area contributed by atoms with Crippen molar-refractivity contribution >= 4 is 12.0 Å². The van der Waals surface area contributed by atoms with Crippen molar-refractivity contribution in [1.29, 1.82) is 0 Å². The zero-order valence-corrected chi connectivity index (χ0v) is 21.1. The maximum Gasteiger partial charge on any atom is 0.333 e. The Bertz CT molecular complexity index is 1020. The van der Waals surface area contributed by atoms with Gasteiger partial charge < -0.3 is 34.6 Å². The Morgan fingerprint density at radius 3 is 2.34 bits per heavy atom. The number of carbonyl (C=O) groups excluding carboxylic acids is 1. The molecule has 1 saturated heterocycles. The predicted octanol–water partition coefficient (Wildman–Crippen LogP) is 2.43. The smallest absolute Gasteiger partial charge is 0.333 e. The van der Waals surface area contributed by atoms with E-state index in [4.69, 9.17) is 14.2 Å². The van der Waals surface area contributed by atoms with Crippen LogP contribution in [-0.2, 0) is 14.3 Å². The quantitative estimate of drug-likeness (QED) is 0.250. The molecule has 4 N–H and O–H groups in total. The van der Waals surface area contributed by atoms with Gasteiger partial charge in [0.1, 0.15) is 30.2 Å². The molecule has 5 atom stereocenters. The summed E-state index contributed by atoms with van der Waals surface area (Å²) in [5, 5.41) is 38.8. The van der Waals surface area contributed by atoms with Crippen LogP contribution in [0.5, 0.6) is 5.75 Å². The van der Waals surface area contributed by atoms with Crippen LogP contribution in [-0.4, -0.2) is 70.8 Å². The van der Waals surface area contributed by atoms with E-state index in [-0.39, 0.29) is 0 Å². The van der Waals surface area contributed by atoms with E-state index in [0.29, 0.717) is 5.57 Å². The molecule has 1 aromatic carbocycles. The number of aliphatic hydroxyl groups is 4. The van der Waals surface area contributed by atoms with E-state index in [2.05, 4.69) is 13.0 Å². The number of allylic oxidation sites excluding steroid dienone is 6. The molecular weight excluding hydrogens is 452 g/mol. The van der Waals surface area contributed by atoms with Crippen LogP contribution in [0.4, 0.5) is 0 Å². The average molecular weight is 489 g/mol. The summed E-state index contributed by atoms with van der Waals surface area (Å²) in [6, 6.07) is 2.03. The lowest BCUT2D eigenvalue weighted by Crippen LogP contribution is -2.59. The standard InChI is InChI=1S/C27H36O8/c1-15(10-11-20-17(3)13-21(33-6)19(5)18(20)4)8-7-9-16(2)12-23(29)35-27-26(32)25(31)24(30)22(14-28)34-27/h7-13,22,24-28,30-32H,14H2,1-6H3/b9-7+,11-10+,15-8+,16-12+/t22-,24-,25+,26-,27?/m1/s1. The Balaban J connectivity index is 2.01. The molecule has 0 amide bonds. The first-order valence-corrected chi connectivity index (χ1v) is 11.4. The fourth-order valence-electron chi connectivity index (χ4n) is 3.70. The molecule has 0 spiro atoms. The third kappa shape index (κ3) is 7.37. The summed E-state index contributed by atoms with van der Waals surface area (Å²) in [7, 11) is 1.67. The highest BCUT2D eigenvalue weighted by atomic mass is 16.7. The van der Waals surface area contributed by atoms with E-state index in [1.807, 2.05) is 39.0 Å². The Morgan fingerprint density at radius 2 is 1.71 bits per heavy atom. The van der Waals surface area contributed by atoms with E-state index in [1.54, 1.807) is 26.2 Å².